The first-order valence-electron chi connectivity index (χ1n) is 11.8. The van der Waals surface area contributed by atoms with Crippen LogP contribution >= 0.6 is 0 Å². The van der Waals surface area contributed by atoms with Crippen molar-refractivity contribution in [1.82, 2.24) is 0 Å². The van der Waals surface area contributed by atoms with Crippen molar-refractivity contribution in [3.8, 4) is 16.9 Å². The normalized spacial score (nSPS) is 11.7. The van der Waals surface area contributed by atoms with Crippen LogP contribution in [0.25, 0.3) is 21.9 Å². The molecule has 0 aromatic heterocycles. The smallest absolute Gasteiger partial charge is 0.422 e. The summed E-state index contributed by atoms with van der Waals surface area (Å²) in [6, 6.07) is 13.8. The minimum Gasteiger partial charge on any atom is -0.481 e. The molecule has 0 spiro atoms. The Morgan fingerprint density at radius 2 is 1.45 bits per heavy atom. The van der Waals surface area contributed by atoms with Crippen molar-refractivity contribution in [3.63, 3.8) is 0 Å². The van der Waals surface area contributed by atoms with E-state index >= 15 is 4.39 Å². The van der Waals surface area contributed by atoms with Crippen molar-refractivity contribution in [2.45, 2.75) is 31.9 Å². The number of allylic oxidation sites excluding steroid dienone is 1. The number of fused-ring (bicyclic) bond motifs is 1. The molecule has 0 aliphatic rings. The zero-order chi connectivity index (χ0) is 27.4. The first-order chi connectivity index (χ1) is 18.1. The van der Waals surface area contributed by atoms with E-state index in [1.165, 1.54) is 36.4 Å². The quantitative estimate of drug-likeness (QED) is 0.155. The van der Waals surface area contributed by atoms with E-state index in [2.05, 4.69) is 11.3 Å². The van der Waals surface area contributed by atoms with Crippen LogP contribution in [0, 0.1) is 23.3 Å². The number of hydrogen-bond acceptors (Lipinski definition) is 1. The van der Waals surface area contributed by atoms with Gasteiger partial charge in [-0.1, -0.05) is 36.4 Å². The molecule has 4 rings (SSSR count). The number of rotatable bonds is 9. The minimum absolute atomic E-state index is 0.191. The number of halogens is 7. The summed E-state index contributed by atoms with van der Waals surface area (Å²) in [4.78, 5) is 0. The number of benzene rings is 4. The highest BCUT2D eigenvalue weighted by Crippen LogP contribution is 2.32. The summed E-state index contributed by atoms with van der Waals surface area (Å²) in [5.41, 5.74) is 1.40. The highest BCUT2D eigenvalue weighted by molar-refractivity contribution is 5.88. The van der Waals surface area contributed by atoms with Crippen LogP contribution in [0.1, 0.15) is 23.1 Å². The lowest BCUT2D eigenvalue weighted by Gasteiger charge is -2.12. The number of hydrogen-bond donors (Lipinski definition) is 0. The van der Waals surface area contributed by atoms with Gasteiger partial charge >= 0.3 is 6.18 Å². The van der Waals surface area contributed by atoms with Gasteiger partial charge < -0.3 is 4.74 Å². The van der Waals surface area contributed by atoms with Crippen molar-refractivity contribution in [2.24, 2.45) is 0 Å². The molecule has 198 valence electrons. The molecule has 0 atom stereocenters. The van der Waals surface area contributed by atoms with Crippen LogP contribution in [0.3, 0.4) is 0 Å². The average molecular weight is 532 g/mol. The molecule has 0 fully saturated rings. The van der Waals surface area contributed by atoms with E-state index < -0.39 is 41.8 Å². The third-order valence-corrected chi connectivity index (χ3v) is 6.13. The lowest BCUT2D eigenvalue weighted by atomic mass is 9.95. The van der Waals surface area contributed by atoms with Gasteiger partial charge in [-0.25, -0.2) is 17.6 Å². The molecule has 1 nitrogen and oxygen atoms in total. The Bertz CT molecular complexity index is 1450. The molecular formula is C30H23F7O. The van der Waals surface area contributed by atoms with Gasteiger partial charge in [0.15, 0.2) is 18.2 Å². The zero-order valence-electron chi connectivity index (χ0n) is 20.1. The number of alkyl halides is 3. The monoisotopic (exact) mass is 532 g/mol. The largest absolute Gasteiger partial charge is 0.481 e. The van der Waals surface area contributed by atoms with E-state index in [0.717, 1.165) is 12.1 Å². The fourth-order valence-electron chi connectivity index (χ4n) is 4.26. The Balaban J connectivity index is 1.52. The Kier molecular flexibility index (Phi) is 8.09. The Morgan fingerprint density at radius 1 is 0.737 bits per heavy atom. The summed E-state index contributed by atoms with van der Waals surface area (Å²) >= 11 is 0. The standard InChI is InChI=1S/C30H23F7O/c1-2-3-4-19-14-25(32)28(26(33)15-19)22-10-11-23-21(16-22)9-8-20(29(23)34)7-5-18-6-12-27(24(31)13-18)38-17-30(35,36)37/h2,6,8-16H,1,3-5,7,17H2. The Morgan fingerprint density at radius 3 is 2.11 bits per heavy atom. The Hall–Kier alpha value is -3.81. The molecule has 0 aliphatic carbocycles. The first-order valence-corrected chi connectivity index (χ1v) is 11.8. The summed E-state index contributed by atoms with van der Waals surface area (Å²) in [6.07, 6.45) is -1.44. The minimum atomic E-state index is -4.59. The third kappa shape index (κ3) is 6.36. The predicted molar refractivity (Wildman–Crippen MR) is 133 cm³/mol. The fraction of sp³-hybridized carbons (Fsp3) is 0.200. The predicted octanol–water partition coefficient (Wildman–Crippen LogP) is 8.91. The summed E-state index contributed by atoms with van der Waals surface area (Å²) in [6.45, 7) is 2.00. The van der Waals surface area contributed by atoms with Crippen LogP contribution in [0.2, 0.25) is 0 Å². The summed E-state index contributed by atoms with van der Waals surface area (Å²) in [7, 11) is 0. The van der Waals surface area contributed by atoms with Gasteiger partial charge in [0, 0.05) is 5.39 Å². The maximum atomic E-state index is 15.2. The van der Waals surface area contributed by atoms with Crippen LogP contribution < -0.4 is 4.74 Å². The van der Waals surface area contributed by atoms with Gasteiger partial charge in [0.25, 0.3) is 0 Å². The van der Waals surface area contributed by atoms with E-state index in [0.29, 0.717) is 34.9 Å². The van der Waals surface area contributed by atoms with E-state index in [4.69, 9.17) is 0 Å². The van der Waals surface area contributed by atoms with Crippen LogP contribution in [-0.2, 0) is 19.3 Å². The molecule has 0 radical (unpaired) electrons. The molecule has 0 amide bonds. The van der Waals surface area contributed by atoms with Gasteiger partial charge in [-0.15, -0.1) is 6.58 Å². The highest BCUT2D eigenvalue weighted by atomic mass is 19.4. The van der Waals surface area contributed by atoms with E-state index in [1.54, 1.807) is 18.2 Å². The maximum Gasteiger partial charge on any atom is 0.422 e. The van der Waals surface area contributed by atoms with E-state index in [9.17, 15) is 26.3 Å². The van der Waals surface area contributed by atoms with E-state index in [-0.39, 0.29) is 29.4 Å². The average Bonchev–Trinajstić information content (AvgIpc) is 2.85. The summed E-state index contributed by atoms with van der Waals surface area (Å²) in [5.74, 6) is -3.38. The van der Waals surface area contributed by atoms with Gasteiger partial charge in [0.2, 0.25) is 0 Å². The zero-order valence-corrected chi connectivity index (χ0v) is 20.1. The highest BCUT2D eigenvalue weighted by Gasteiger charge is 2.29. The summed E-state index contributed by atoms with van der Waals surface area (Å²) < 4.78 is 100. The second-order valence-electron chi connectivity index (χ2n) is 8.91. The lowest BCUT2D eigenvalue weighted by molar-refractivity contribution is -0.153. The maximum absolute atomic E-state index is 15.2. The first kappa shape index (κ1) is 27.2. The number of aryl methyl sites for hydroxylation is 3. The van der Waals surface area contributed by atoms with Crippen LogP contribution in [0.4, 0.5) is 30.7 Å². The van der Waals surface area contributed by atoms with Crippen LogP contribution in [0.5, 0.6) is 5.75 Å². The molecule has 0 N–H and O–H groups in total. The molecule has 0 heterocycles. The fourth-order valence-corrected chi connectivity index (χ4v) is 4.26. The van der Waals surface area contributed by atoms with Gasteiger partial charge in [0.05, 0.1) is 5.56 Å². The van der Waals surface area contributed by atoms with Gasteiger partial charge in [0.1, 0.15) is 17.5 Å². The molecule has 8 heteroatoms. The van der Waals surface area contributed by atoms with Crippen LogP contribution in [-0.4, -0.2) is 12.8 Å². The second-order valence-corrected chi connectivity index (χ2v) is 8.91. The van der Waals surface area contributed by atoms with Crippen molar-refractivity contribution >= 4 is 10.8 Å². The molecule has 0 saturated carbocycles. The van der Waals surface area contributed by atoms with Crippen LogP contribution in [0.15, 0.2) is 73.3 Å². The van der Waals surface area contributed by atoms with Crippen molar-refractivity contribution in [3.05, 3.63) is 113 Å². The van der Waals surface area contributed by atoms with Gasteiger partial charge in [-0.05, 0) is 83.7 Å². The second kappa shape index (κ2) is 11.3. The van der Waals surface area contributed by atoms with Crippen molar-refractivity contribution in [2.75, 3.05) is 6.61 Å². The lowest BCUT2D eigenvalue weighted by Crippen LogP contribution is -2.19. The number of ether oxygens (including phenoxy) is 1. The SMILES string of the molecule is C=CCCc1cc(F)c(-c2ccc3c(F)c(CCc4ccc(OCC(F)(F)F)c(F)c4)ccc3c2)c(F)c1. The van der Waals surface area contributed by atoms with E-state index in [1.807, 2.05) is 0 Å². The van der Waals surface area contributed by atoms with Gasteiger partial charge in [-0.3, -0.25) is 0 Å². The Labute approximate surface area is 215 Å². The summed E-state index contributed by atoms with van der Waals surface area (Å²) in [5, 5.41) is 0.715. The van der Waals surface area contributed by atoms with Crippen molar-refractivity contribution < 1.29 is 35.5 Å². The molecule has 0 bridgehead atoms. The molecule has 0 aliphatic heterocycles. The molecule has 0 saturated heterocycles. The third-order valence-electron chi connectivity index (χ3n) is 6.13. The topological polar surface area (TPSA) is 9.23 Å². The molecule has 4 aromatic carbocycles. The van der Waals surface area contributed by atoms with Gasteiger partial charge in [-0.2, -0.15) is 13.2 Å². The molecule has 0 unspecified atom stereocenters. The molecule has 38 heavy (non-hydrogen) atoms. The molecule has 4 aromatic rings. The molecular weight excluding hydrogens is 509 g/mol. The van der Waals surface area contributed by atoms with Crippen molar-refractivity contribution in [1.29, 1.82) is 0 Å².